The Morgan fingerprint density at radius 3 is 2.30 bits per heavy atom. The summed E-state index contributed by atoms with van der Waals surface area (Å²) in [4.78, 5) is 0. The van der Waals surface area contributed by atoms with Gasteiger partial charge in [0.2, 0.25) is 0 Å². The van der Waals surface area contributed by atoms with Crippen molar-refractivity contribution in [2.24, 2.45) is 0 Å². The maximum Gasteiger partial charge on any atom is 0.178 e. The summed E-state index contributed by atoms with van der Waals surface area (Å²) in [5.74, 6) is 3.15. The van der Waals surface area contributed by atoms with E-state index in [0.29, 0.717) is 35.2 Å². The van der Waals surface area contributed by atoms with E-state index in [1.165, 1.54) is 0 Å². The Labute approximate surface area is 158 Å². The molecule has 1 heterocycles. The number of hydrogen-bond acceptors (Lipinski definition) is 6. The fourth-order valence-electron chi connectivity index (χ4n) is 2.82. The number of rotatable bonds is 8. The van der Waals surface area contributed by atoms with Crippen LogP contribution in [-0.2, 0) is 0 Å². The zero-order valence-electron chi connectivity index (χ0n) is 15.9. The van der Waals surface area contributed by atoms with E-state index in [-0.39, 0.29) is 0 Å². The van der Waals surface area contributed by atoms with Crippen molar-refractivity contribution < 1.29 is 23.5 Å². The summed E-state index contributed by atoms with van der Waals surface area (Å²) in [7, 11) is 4.77. The Morgan fingerprint density at radius 1 is 0.889 bits per heavy atom. The van der Waals surface area contributed by atoms with Crippen LogP contribution in [0.5, 0.6) is 23.0 Å². The summed E-state index contributed by atoms with van der Waals surface area (Å²) in [5, 5.41) is 3.99. The van der Waals surface area contributed by atoms with E-state index in [0.717, 1.165) is 23.3 Å². The van der Waals surface area contributed by atoms with E-state index >= 15 is 0 Å². The zero-order chi connectivity index (χ0) is 19.2. The van der Waals surface area contributed by atoms with Crippen molar-refractivity contribution in [3.05, 3.63) is 42.6 Å². The van der Waals surface area contributed by atoms with E-state index < -0.39 is 0 Å². The molecular weight excluding hydrogens is 346 g/mol. The van der Waals surface area contributed by atoms with Crippen LogP contribution in [0.4, 0.5) is 0 Å². The highest BCUT2D eigenvalue weighted by atomic mass is 16.5. The molecule has 3 rings (SSSR count). The van der Waals surface area contributed by atoms with Crippen LogP contribution < -0.4 is 18.9 Å². The maximum atomic E-state index is 5.65. The normalized spacial score (nSPS) is 10.5. The molecule has 0 aliphatic carbocycles. The van der Waals surface area contributed by atoms with Gasteiger partial charge < -0.3 is 23.5 Å². The molecule has 0 radical (unpaired) electrons. The smallest absolute Gasteiger partial charge is 0.178 e. The standard InChI is InChI=1S/C21H23NO5/c1-5-10-26-15-8-6-14(7-9-15)18-13-22-27-20(18)17-11-16(23-2)12-19(24-3)21(17)25-4/h6-9,11-13H,5,10H2,1-4H3. The Balaban J connectivity index is 2.05. The molecule has 27 heavy (non-hydrogen) atoms. The number of methoxy groups -OCH3 is 3. The Morgan fingerprint density at radius 2 is 1.67 bits per heavy atom. The van der Waals surface area contributed by atoms with Gasteiger partial charge in [-0.25, -0.2) is 0 Å². The summed E-state index contributed by atoms with van der Waals surface area (Å²) in [6, 6.07) is 11.4. The van der Waals surface area contributed by atoms with Crippen LogP contribution in [0.3, 0.4) is 0 Å². The Hall–Kier alpha value is -3.15. The lowest BCUT2D eigenvalue weighted by Crippen LogP contribution is -1.96. The molecule has 6 heteroatoms. The fourth-order valence-corrected chi connectivity index (χ4v) is 2.82. The number of ether oxygens (including phenoxy) is 4. The largest absolute Gasteiger partial charge is 0.497 e. The predicted molar refractivity (Wildman–Crippen MR) is 103 cm³/mol. The minimum Gasteiger partial charge on any atom is -0.497 e. The molecule has 0 saturated heterocycles. The molecule has 0 atom stereocenters. The van der Waals surface area contributed by atoms with Crippen molar-refractivity contribution in [3.8, 4) is 45.4 Å². The minimum atomic E-state index is 0.553. The van der Waals surface area contributed by atoms with Crippen molar-refractivity contribution in [1.29, 1.82) is 0 Å². The number of benzene rings is 2. The molecule has 0 bridgehead atoms. The molecular formula is C21H23NO5. The van der Waals surface area contributed by atoms with Gasteiger partial charge in [-0.15, -0.1) is 0 Å². The fraction of sp³-hybridized carbons (Fsp3) is 0.286. The van der Waals surface area contributed by atoms with Gasteiger partial charge in [-0.3, -0.25) is 0 Å². The molecule has 142 valence electrons. The van der Waals surface area contributed by atoms with E-state index in [1.807, 2.05) is 30.3 Å². The molecule has 0 amide bonds. The first-order chi connectivity index (χ1) is 13.2. The van der Waals surface area contributed by atoms with E-state index in [9.17, 15) is 0 Å². The molecule has 0 aliphatic heterocycles. The zero-order valence-corrected chi connectivity index (χ0v) is 15.9. The molecule has 0 aliphatic rings. The van der Waals surface area contributed by atoms with Gasteiger partial charge in [0, 0.05) is 11.6 Å². The predicted octanol–water partition coefficient (Wildman–Crippen LogP) is 4.82. The van der Waals surface area contributed by atoms with Crippen LogP contribution in [0.25, 0.3) is 22.5 Å². The minimum absolute atomic E-state index is 0.553. The number of hydrogen-bond donors (Lipinski definition) is 0. The number of nitrogens with zero attached hydrogens (tertiary/aromatic N) is 1. The third-order valence-electron chi connectivity index (χ3n) is 4.14. The number of aromatic nitrogens is 1. The highest BCUT2D eigenvalue weighted by Crippen LogP contribution is 2.44. The van der Waals surface area contributed by atoms with Crippen molar-refractivity contribution in [1.82, 2.24) is 5.16 Å². The first-order valence-electron chi connectivity index (χ1n) is 8.70. The highest BCUT2D eigenvalue weighted by molar-refractivity contribution is 5.84. The van der Waals surface area contributed by atoms with Gasteiger partial charge >= 0.3 is 0 Å². The Kier molecular flexibility index (Phi) is 5.86. The Bertz CT molecular complexity index is 886. The maximum absolute atomic E-state index is 5.65. The monoisotopic (exact) mass is 369 g/mol. The molecule has 1 aromatic heterocycles. The van der Waals surface area contributed by atoms with E-state index in [1.54, 1.807) is 33.6 Å². The van der Waals surface area contributed by atoms with Gasteiger partial charge in [-0.2, -0.15) is 0 Å². The van der Waals surface area contributed by atoms with E-state index in [4.69, 9.17) is 23.5 Å². The average Bonchev–Trinajstić information content (AvgIpc) is 3.21. The average molecular weight is 369 g/mol. The van der Waals surface area contributed by atoms with Gasteiger partial charge in [0.15, 0.2) is 17.3 Å². The lowest BCUT2D eigenvalue weighted by molar-refractivity contribution is 0.317. The molecule has 0 N–H and O–H groups in total. The molecule has 3 aromatic rings. The second-order valence-electron chi connectivity index (χ2n) is 5.85. The topological polar surface area (TPSA) is 63.0 Å². The first-order valence-corrected chi connectivity index (χ1v) is 8.70. The van der Waals surface area contributed by atoms with Crippen molar-refractivity contribution >= 4 is 0 Å². The SMILES string of the molecule is CCCOc1ccc(-c2cnoc2-c2cc(OC)cc(OC)c2OC)cc1. The molecule has 0 fully saturated rings. The first kappa shape index (κ1) is 18.6. The molecule has 2 aromatic carbocycles. The molecule has 0 unspecified atom stereocenters. The molecule has 6 nitrogen and oxygen atoms in total. The third kappa shape index (κ3) is 3.84. The van der Waals surface area contributed by atoms with Crippen LogP contribution in [0.2, 0.25) is 0 Å². The lowest BCUT2D eigenvalue weighted by Gasteiger charge is -2.14. The summed E-state index contributed by atoms with van der Waals surface area (Å²) in [6.07, 6.45) is 2.65. The van der Waals surface area contributed by atoms with Crippen LogP contribution >= 0.6 is 0 Å². The quantitative estimate of drug-likeness (QED) is 0.567. The van der Waals surface area contributed by atoms with Gasteiger partial charge in [-0.1, -0.05) is 24.2 Å². The van der Waals surface area contributed by atoms with Gasteiger partial charge in [0.05, 0.1) is 39.7 Å². The van der Waals surface area contributed by atoms with Crippen molar-refractivity contribution in [2.75, 3.05) is 27.9 Å². The van der Waals surface area contributed by atoms with Crippen LogP contribution in [-0.4, -0.2) is 33.1 Å². The van der Waals surface area contributed by atoms with Crippen LogP contribution in [0.15, 0.2) is 47.1 Å². The summed E-state index contributed by atoms with van der Waals surface area (Å²) in [5.41, 5.74) is 2.50. The van der Waals surface area contributed by atoms with Crippen LogP contribution in [0, 0.1) is 0 Å². The molecule has 0 saturated carbocycles. The van der Waals surface area contributed by atoms with Crippen molar-refractivity contribution in [2.45, 2.75) is 13.3 Å². The van der Waals surface area contributed by atoms with Gasteiger partial charge in [-0.05, 0) is 30.2 Å². The summed E-state index contributed by atoms with van der Waals surface area (Å²) >= 11 is 0. The summed E-state index contributed by atoms with van der Waals surface area (Å²) < 4.78 is 27.6. The van der Waals surface area contributed by atoms with Crippen molar-refractivity contribution in [3.63, 3.8) is 0 Å². The summed E-state index contributed by atoms with van der Waals surface area (Å²) in [6.45, 7) is 2.77. The second-order valence-corrected chi connectivity index (χ2v) is 5.85. The molecule has 0 spiro atoms. The van der Waals surface area contributed by atoms with Gasteiger partial charge in [0.25, 0.3) is 0 Å². The lowest BCUT2D eigenvalue weighted by atomic mass is 10.0. The third-order valence-corrected chi connectivity index (χ3v) is 4.14. The van der Waals surface area contributed by atoms with Crippen LogP contribution in [0.1, 0.15) is 13.3 Å². The van der Waals surface area contributed by atoms with Gasteiger partial charge in [0.1, 0.15) is 11.5 Å². The highest BCUT2D eigenvalue weighted by Gasteiger charge is 2.21. The van der Waals surface area contributed by atoms with E-state index in [2.05, 4.69) is 12.1 Å². The second kappa shape index (κ2) is 8.49.